The lowest BCUT2D eigenvalue weighted by molar-refractivity contribution is -0.118. The van der Waals surface area contributed by atoms with Gasteiger partial charge in [-0.25, -0.2) is 8.42 Å². The zero-order chi connectivity index (χ0) is 19.2. The lowest BCUT2D eigenvalue weighted by Gasteiger charge is -2.19. The average molecular weight is 374 g/mol. The maximum Gasteiger partial charge on any atom is 0.251 e. The second-order valence-corrected chi connectivity index (χ2v) is 8.37. The summed E-state index contributed by atoms with van der Waals surface area (Å²) < 4.78 is 23.0. The van der Waals surface area contributed by atoms with E-state index in [9.17, 15) is 18.0 Å². The van der Waals surface area contributed by atoms with Crippen LogP contribution in [0.5, 0.6) is 0 Å². The molecule has 0 aromatic heterocycles. The molecule has 0 radical (unpaired) electrons. The molecule has 7 heteroatoms. The van der Waals surface area contributed by atoms with E-state index < -0.39 is 27.7 Å². The molecule has 2 aromatic rings. The maximum absolute atomic E-state index is 12.6. The minimum Gasteiger partial charge on any atom is -0.340 e. The van der Waals surface area contributed by atoms with Gasteiger partial charge in [-0.1, -0.05) is 36.4 Å². The van der Waals surface area contributed by atoms with Gasteiger partial charge in [-0.05, 0) is 37.1 Å². The normalized spacial score (nSPS) is 12.2. The molecule has 2 amide bonds. The van der Waals surface area contributed by atoms with E-state index in [0.29, 0.717) is 11.3 Å². The predicted octanol–water partition coefficient (Wildman–Crippen LogP) is 2.17. The highest BCUT2D eigenvalue weighted by Crippen LogP contribution is 2.14. The van der Waals surface area contributed by atoms with Crippen LogP contribution in [0.2, 0.25) is 0 Å². The largest absolute Gasteiger partial charge is 0.340 e. The minimum atomic E-state index is -3.27. The number of carbonyl (C=O) groups is 2. The summed E-state index contributed by atoms with van der Waals surface area (Å²) in [5, 5.41) is 5.38. The van der Waals surface area contributed by atoms with Gasteiger partial charge >= 0.3 is 0 Å². The number of amides is 2. The van der Waals surface area contributed by atoms with E-state index in [1.54, 1.807) is 42.5 Å². The Hall–Kier alpha value is -2.67. The topological polar surface area (TPSA) is 92.3 Å². The predicted molar refractivity (Wildman–Crippen MR) is 102 cm³/mol. The van der Waals surface area contributed by atoms with Crippen LogP contribution in [0.1, 0.15) is 22.3 Å². The third kappa shape index (κ3) is 6.00. The van der Waals surface area contributed by atoms with Crippen molar-refractivity contribution in [1.29, 1.82) is 0 Å². The van der Waals surface area contributed by atoms with Crippen molar-refractivity contribution >= 4 is 27.3 Å². The Balaban J connectivity index is 2.15. The van der Waals surface area contributed by atoms with E-state index in [-0.39, 0.29) is 12.2 Å². The van der Waals surface area contributed by atoms with E-state index >= 15 is 0 Å². The molecule has 0 saturated carbocycles. The van der Waals surface area contributed by atoms with Gasteiger partial charge < -0.3 is 10.6 Å². The second kappa shape index (κ2) is 8.62. The maximum atomic E-state index is 12.6. The lowest BCUT2D eigenvalue weighted by Crippen LogP contribution is -2.44. The first-order valence-electron chi connectivity index (χ1n) is 8.16. The summed E-state index contributed by atoms with van der Waals surface area (Å²) in [4.78, 5) is 25.0. The highest BCUT2D eigenvalue weighted by molar-refractivity contribution is 7.90. The molecule has 0 aliphatic carbocycles. The molecule has 6 nitrogen and oxygen atoms in total. The minimum absolute atomic E-state index is 0.00484. The molecule has 1 atom stereocenters. The molecule has 0 fully saturated rings. The third-order valence-electron chi connectivity index (χ3n) is 3.84. The summed E-state index contributed by atoms with van der Waals surface area (Å²) in [6, 6.07) is 14.7. The molecule has 138 valence electrons. The molecule has 0 saturated heterocycles. The summed E-state index contributed by atoms with van der Waals surface area (Å²) in [6.07, 6.45) is 1.09. The molecule has 0 bridgehead atoms. The van der Waals surface area contributed by atoms with E-state index in [0.717, 1.165) is 11.8 Å². The average Bonchev–Trinajstić information content (AvgIpc) is 2.60. The van der Waals surface area contributed by atoms with Gasteiger partial charge in [0.05, 0.1) is 5.75 Å². The van der Waals surface area contributed by atoms with Gasteiger partial charge in [0, 0.05) is 17.5 Å². The van der Waals surface area contributed by atoms with E-state index in [1.165, 1.54) is 0 Å². The molecular formula is C19H22N2O4S. The van der Waals surface area contributed by atoms with Gasteiger partial charge in [0.2, 0.25) is 5.91 Å². The summed E-state index contributed by atoms with van der Waals surface area (Å²) in [7, 11) is -3.27. The molecule has 0 heterocycles. The van der Waals surface area contributed by atoms with Crippen LogP contribution in [0.15, 0.2) is 54.6 Å². The van der Waals surface area contributed by atoms with Gasteiger partial charge in [0.25, 0.3) is 5.91 Å². The Labute approximate surface area is 153 Å². The van der Waals surface area contributed by atoms with Gasteiger partial charge in [-0.2, -0.15) is 0 Å². The number of anilines is 1. The fourth-order valence-electron chi connectivity index (χ4n) is 2.36. The SMILES string of the molecule is Cc1ccccc1NC(=O)[C@H](CCS(C)(=O)=O)NC(=O)c1ccccc1. The molecule has 0 aliphatic rings. The number of hydrogen-bond donors (Lipinski definition) is 2. The summed E-state index contributed by atoms with van der Waals surface area (Å²) in [5.74, 6) is -1.08. The number of para-hydroxylation sites is 1. The molecule has 2 aromatic carbocycles. The second-order valence-electron chi connectivity index (χ2n) is 6.11. The quantitative estimate of drug-likeness (QED) is 0.777. The number of sulfone groups is 1. The Morgan fingerprint density at radius 2 is 1.62 bits per heavy atom. The highest BCUT2D eigenvalue weighted by Gasteiger charge is 2.23. The Kier molecular flexibility index (Phi) is 6.52. The first kappa shape index (κ1) is 19.7. The van der Waals surface area contributed by atoms with E-state index in [4.69, 9.17) is 0 Å². The number of carbonyl (C=O) groups excluding carboxylic acids is 2. The molecule has 2 rings (SSSR count). The number of nitrogens with one attached hydrogen (secondary N) is 2. The number of benzene rings is 2. The molecular weight excluding hydrogens is 352 g/mol. The Morgan fingerprint density at radius 3 is 2.23 bits per heavy atom. The number of rotatable bonds is 7. The first-order chi connectivity index (χ1) is 12.3. The zero-order valence-corrected chi connectivity index (χ0v) is 15.5. The van der Waals surface area contributed by atoms with Crippen molar-refractivity contribution in [2.75, 3.05) is 17.3 Å². The summed E-state index contributed by atoms with van der Waals surface area (Å²) in [5.41, 5.74) is 1.90. The van der Waals surface area contributed by atoms with Gasteiger partial charge in [-0.3, -0.25) is 9.59 Å². The van der Waals surface area contributed by atoms with E-state index in [1.807, 2.05) is 19.1 Å². The third-order valence-corrected chi connectivity index (χ3v) is 4.82. The number of aryl methyl sites for hydroxylation is 1. The van der Waals surface area contributed by atoms with Crippen molar-refractivity contribution < 1.29 is 18.0 Å². The zero-order valence-electron chi connectivity index (χ0n) is 14.7. The van der Waals surface area contributed by atoms with Crippen LogP contribution in [-0.4, -0.2) is 38.3 Å². The smallest absolute Gasteiger partial charge is 0.251 e. The van der Waals surface area contributed by atoms with Gasteiger partial charge in [0.1, 0.15) is 15.9 Å². The Morgan fingerprint density at radius 1 is 1.00 bits per heavy atom. The highest BCUT2D eigenvalue weighted by atomic mass is 32.2. The van der Waals surface area contributed by atoms with Crippen molar-refractivity contribution in [3.63, 3.8) is 0 Å². The van der Waals surface area contributed by atoms with E-state index in [2.05, 4.69) is 10.6 Å². The summed E-state index contributed by atoms with van der Waals surface area (Å²) >= 11 is 0. The van der Waals surface area contributed by atoms with Crippen molar-refractivity contribution in [3.8, 4) is 0 Å². The van der Waals surface area contributed by atoms with Crippen LogP contribution < -0.4 is 10.6 Å². The van der Waals surface area contributed by atoms with Crippen molar-refractivity contribution in [2.24, 2.45) is 0 Å². The monoisotopic (exact) mass is 374 g/mol. The van der Waals surface area contributed by atoms with Gasteiger partial charge in [0.15, 0.2) is 0 Å². The molecule has 0 spiro atoms. The Bertz CT molecular complexity index is 879. The lowest BCUT2D eigenvalue weighted by atomic mass is 10.1. The molecule has 2 N–H and O–H groups in total. The van der Waals surface area contributed by atoms with Crippen LogP contribution in [0.4, 0.5) is 5.69 Å². The molecule has 0 unspecified atom stereocenters. The van der Waals surface area contributed by atoms with Crippen LogP contribution in [0.3, 0.4) is 0 Å². The molecule has 0 aliphatic heterocycles. The summed E-state index contributed by atoms with van der Waals surface area (Å²) in [6.45, 7) is 1.85. The standard InChI is InChI=1S/C19H22N2O4S/c1-14-8-6-7-11-16(14)20-19(23)17(12-13-26(2,24)25)21-18(22)15-9-4-3-5-10-15/h3-11,17H,12-13H2,1-2H3,(H,20,23)(H,21,22)/t17-/m0/s1. The van der Waals surface area contributed by atoms with Crippen molar-refractivity contribution in [2.45, 2.75) is 19.4 Å². The first-order valence-corrected chi connectivity index (χ1v) is 10.2. The van der Waals surface area contributed by atoms with Gasteiger partial charge in [-0.15, -0.1) is 0 Å². The molecule has 26 heavy (non-hydrogen) atoms. The fraction of sp³-hybridized carbons (Fsp3) is 0.263. The van der Waals surface area contributed by atoms with Crippen molar-refractivity contribution in [3.05, 3.63) is 65.7 Å². The fourth-order valence-corrected chi connectivity index (χ4v) is 3.03. The van der Waals surface area contributed by atoms with Crippen LogP contribution in [0, 0.1) is 6.92 Å². The van der Waals surface area contributed by atoms with Crippen LogP contribution in [-0.2, 0) is 14.6 Å². The van der Waals surface area contributed by atoms with Crippen LogP contribution >= 0.6 is 0 Å². The number of hydrogen-bond acceptors (Lipinski definition) is 4. The van der Waals surface area contributed by atoms with Crippen molar-refractivity contribution in [1.82, 2.24) is 5.32 Å². The van der Waals surface area contributed by atoms with Crippen LogP contribution in [0.25, 0.3) is 0 Å².